The topological polar surface area (TPSA) is 9.23 Å². The van der Waals surface area contributed by atoms with Crippen molar-refractivity contribution in [2.75, 3.05) is 0 Å². The second kappa shape index (κ2) is 6.06. The van der Waals surface area contributed by atoms with Crippen LogP contribution in [0.1, 0.15) is 44.9 Å². The predicted octanol–water partition coefficient (Wildman–Crippen LogP) is 3.34. The Kier molecular flexibility index (Phi) is 6.34. The molecule has 0 saturated heterocycles. The first kappa shape index (κ1) is 12.5. The smallest absolute Gasteiger partial charge is 0.0579 e. The minimum absolute atomic E-state index is 0. The van der Waals surface area contributed by atoms with Gasteiger partial charge in [0.05, 0.1) is 12.2 Å². The van der Waals surface area contributed by atoms with E-state index in [0.717, 1.165) is 0 Å². The van der Waals surface area contributed by atoms with Crippen molar-refractivity contribution in [2.45, 2.75) is 57.2 Å². The second-order valence-corrected chi connectivity index (χ2v) is 3.60. The molecule has 0 atom stereocenters. The maximum absolute atomic E-state index is 5.85. The van der Waals surface area contributed by atoms with Crippen molar-refractivity contribution >= 4 is 24.8 Å². The van der Waals surface area contributed by atoms with Gasteiger partial charge >= 0.3 is 0 Å². The molecule has 2 rings (SSSR count). The molecule has 0 aromatic heterocycles. The Labute approximate surface area is 87.1 Å². The highest BCUT2D eigenvalue weighted by Gasteiger charge is 2.24. The van der Waals surface area contributed by atoms with Gasteiger partial charge in [0.1, 0.15) is 0 Å². The van der Waals surface area contributed by atoms with Crippen molar-refractivity contribution in [3.05, 3.63) is 0 Å². The Bertz CT molecular complexity index is 109. The monoisotopic (exact) mass is 212 g/mol. The second-order valence-electron chi connectivity index (χ2n) is 3.60. The van der Waals surface area contributed by atoms with Crippen LogP contribution >= 0.6 is 24.8 Å². The van der Waals surface area contributed by atoms with Crippen LogP contribution in [-0.2, 0) is 4.74 Å². The average Bonchev–Trinajstić information content (AvgIpc) is 2.29. The summed E-state index contributed by atoms with van der Waals surface area (Å²) in [5, 5.41) is 0. The molecule has 0 N–H and O–H groups in total. The van der Waals surface area contributed by atoms with E-state index in [0.29, 0.717) is 12.2 Å². The van der Waals surface area contributed by atoms with E-state index in [1.807, 2.05) is 0 Å². The van der Waals surface area contributed by atoms with Gasteiger partial charge in [-0.05, 0) is 32.1 Å². The molecule has 0 aromatic carbocycles. The van der Waals surface area contributed by atoms with Crippen molar-refractivity contribution in [2.24, 2.45) is 0 Å². The molecule has 2 aliphatic rings. The Morgan fingerprint density at radius 3 is 1.42 bits per heavy atom. The highest BCUT2D eigenvalue weighted by Crippen LogP contribution is 2.29. The standard InChI is InChI=1S/C9H16O.2ClH/c1-2-5-8(4-1)10-9-6-3-7-9;;/h8-9H,1-7H2;2*1H. The van der Waals surface area contributed by atoms with Crippen LogP contribution in [0, 0.1) is 0 Å². The molecule has 0 unspecified atom stereocenters. The van der Waals surface area contributed by atoms with Crippen molar-refractivity contribution < 1.29 is 4.74 Å². The van der Waals surface area contributed by atoms with Crippen LogP contribution in [0.15, 0.2) is 0 Å². The normalized spacial score (nSPS) is 24.0. The fourth-order valence-electron chi connectivity index (χ4n) is 1.80. The molecule has 0 aliphatic heterocycles. The molecule has 0 radical (unpaired) electrons. The summed E-state index contributed by atoms with van der Waals surface area (Å²) in [5.74, 6) is 0. The fourth-order valence-corrected chi connectivity index (χ4v) is 1.80. The highest BCUT2D eigenvalue weighted by atomic mass is 35.5. The van der Waals surface area contributed by atoms with Gasteiger partial charge in [-0.25, -0.2) is 0 Å². The molecule has 0 aromatic rings. The first-order valence-electron chi connectivity index (χ1n) is 4.60. The number of ether oxygens (including phenoxy) is 1. The van der Waals surface area contributed by atoms with Gasteiger partial charge in [-0.2, -0.15) is 0 Å². The van der Waals surface area contributed by atoms with Gasteiger partial charge < -0.3 is 4.74 Å². The van der Waals surface area contributed by atoms with E-state index in [1.54, 1.807) is 0 Å². The molecule has 0 bridgehead atoms. The van der Waals surface area contributed by atoms with Gasteiger partial charge in [0.25, 0.3) is 0 Å². The van der Waals surface area contributed by atoms with Crippen LogP contribution < -0.4 is 0 Å². The van der Waals surface area contributed by atoms with E-state index in [4.69, 9.17) is 4.74 Å². The Morgan fingerprint density at radius 1 is 0.667 bits per heavy atom. The Morgan fingerprint density at radius 2 is 1.08 bits per heavy atom. The summed E-state index contributed by atoms with van der Waals surface area (Å²) in [6.45, 7) is 0. The largest absolute Gasteiger partial charge is 0.375 e. The molecule has 12 heavy (non-hydrogen) atoms. The van der Waals surface area contributed by atoms with Crippen LogP contribution in [0.2, 0.25) is 0 Å². The summed E-state index contributed by atoms with van der Waals surface area (Å²) in [5.41, 5.74) is 0. The molecule has 1 nitrogen and oxygen atoms in total. The van der Waals surface area contributed by atoms with Gasteiger partial charge in [-0.1, -0.05) is 12.8 Å². The molecule has 0 heterocycles. The van der Waals surface area contributed by atoms with Crippen LogP contribution in [0.25, 0.3) is 0 Å². The number of hydrogen-bond donors (Lipinski definition) is 0. The zero-order valence-electron chi connectivity index (χ0n) is 7.33. The SMILES string of the molecule is C1CCC(OC2CCC2)C1.Cl.Cl. The zero-order valence-corrected chi connectivity index (χ0v) is 8.96. The van der Waals surface area contributed by atoms with Crippen LogP contribution in [-0.4, -0.2) is 12.2 Å². The lowest BCUT2D eigenvalue weighted by atomic mass is 9.96. The van der Waals surface area contributed by atoms with Crippen molar-refractivity contribution in [3.63, 3.8) is 0 Å². The summed E-state index contributed by atoms with van der Waals surface area (Å²) in [4.78, 5) is 0. The molecule has 2 saturated carbocycles. The first-order chi connectivity index (χ1) is 4.95. The summed E-state index contributed by atoms with van der Waals surface area (Å²) in [7, 11) is 0. The van der Waals surface area contributed by atoms with Gasteiger partial charge in [0.2, 0.25) is 0 Å². The quantitative estimate of drug-likeness (QED) is 0.683. The zero-order chi connectivity index (χ0) is 6.81. The van der Waals surface area contributed by atoms with Crippen LogP contribution in [0.5, 0.6) is 0 Å². The number of rotatable bonds is 2. The molecule has 2 aliphatic carbocycles. The number of hydrogen-bond acceptors (Lipinski definition) is 1. The minimum Gasteiger partial charge on any atom is -0.375 e. The lowest BCUT2D eigenvalue weighted by molar-refractivity contribution is -0.0474. The third-order valence-corrected chi connectivity index (χ3v) is 2.74. The molecule has 0 spiro atoms. The fraction of sp³-hybridized carbons (Fsp3) is 1.00. The van der Waals surface area contributed by atoms with Crippen molar-refractivity contribution in [1.82, 2.24) is 0 Å². The molecular weight excluding hydrogens is 195 g/mol. The van der Waals surface area contributed by atoms with Gasteiger partial charge in [-0.15, -0.1) is 24.8 Å². The van der Waals surface area contributed by atoms with Gasteiger partial charge in [-0.3, -0.25) is 0 Å². The first-order valence-corrected chi connectivity index (χ1v) is 4.60. The summed E-state index contributed by atoms with van der Waals surface area (Å²) < 4.78 is 5.85. The van der Waals surface area contributed by atoms with E-state index < -0.39 is 0 Å². The molecule has 2 fully saturated rings. The molecule has 3 heteroatoms. The average molecular weight is 213 g/mol. The van der Waals surface area contributed by atoms with E-state index in [2.05, 4.69) is 0 Å². The lowest BCUT2D eigenvalue weighted by Gasteiger charge is -2.28. The van der Waals surface area contributed by atoms with E-state index in [9.17, 15) is 0 Å². The van der Waals surface area contributed by atoms with Crippen molar-refractivity contribution in [1.29, 1.82) is 0 Å². The summed E-state index contributed by atoms with van der Waals surface area (Å²) >= 11 is 0. The Hall–Kier alpha value is 0.540. The molecule has 0 amide bonds. The molecular formula is C9H18Cl2O. The third-order valence-electron chi connectivity index (χ3n) is 2.74. The maximum Gasteiger partial charge on any atom is 0.0579 e. The Balaban J connectivity index is 0.000000605. The van der Waals surface area contributed by atoms with E-state index in [1.165, 1.54) is 44.9 Å². The predicted molar refractivity (Wildman–Crippen MR) is 55.5 cm³/mol. The minimum atomic E-state index is 0. The van der Waals surface area contributed by atoms with Crippen LogP contribution in [0.3, 0.4) is 0 Å². The summed E-state index contributed by atoms with van der Waals surface area (Å²) in [6, 6.07) is 0. The number of halogens is 2. The molecule has 74 valence electrons. The van der Waals surface area contributed by atoms with Crippen molar-refractivity contribution in [3.8, 4) is 0 Å². The summed E-state index contributed by atoms with van der Waals surface area (Å²) in [6.07, 6.45) is 10.8. The maximum atomic E-state index is 5.85. The van der Waals surface area contributed by atoms with Gasteiger partial charge in [0, 0.05) is 0 Å². The van der Waals surface area contributed by atoms with Crippen LogP contribution in [0.4, 0.5) is 0 Å². The van der Waals surface area contributed by atoms with E-state index >= 15 is 0 Å². The van der Waals surface area contributed by atoms with Gasteiger partial charge in [0.15, 0.2) is 0 Å². The highest BCUT2D eigenvalue weighted by molar-refractivity contribution is 5.85. The lowest BCUT2D eigenvalue weighted by Crippen LogP contribution is -2.26. The third kappa shape index (κ3) is 3.12. The van der Waals surface area contributed by atoms with E-state index in [-0.39, 0.29) is 24.8 Å².